The van der Waals surface area contributed by atoms with E-state index in [0.29, 0.717) is 17.0 Å². The number of halogens is 2. The zero-order valence-corrected chi connectivity index (χ0v) is 17.6. The van der Waals surface area contributed by atoms with Crippen molar-refractivity contribution in [2.24, 2.45) is 0 Å². The molecule has 6 heteroatoms. The van der Waals surface area contributed by atoms with Crippen LogP contribution in [-0.2, 0) is 10.0 Å². The standard InChI is InChI=1S/C20H27Cl2NO2S/c1-2-3-4-5-6-7-8-11-14-23-26(24,25)19-15-18(21)16-12-9-10-13-17(16)20(19)22/h9-10,12-13,15,23H,2-8,11,14H2,1H3. The Balaban J connectivity index is 1.90. The Labute approximate surface area is 167 Å². The summed E-state index contributed by atoms with van der Waals surface area (Å²) < 4.78 is 27.9. The summed E-state index contributed by atoms with van der Waals surface area (Å²) in [5.74, 6) is 0. The smallest absolute Gasteiger partial charge is 0.211 e. The molecule has 144 valence electrons. The van der Waals surface area contributed by atoms with E-state index in [-0.39, 0.29) is 9.92 Å². The van der Waals surface area contributed by atoms with Crippen molar-refractivity contribution >= 4 is 44.0 Å². The minimum atomic E-state index is -3.68. The first-order valence-electron chi connectivity index (χ1n) is 9.33. The fraction of sp³-hybridized carbons (Fsp3) is 0.500. The van der Waals surface area contributed by atoms with Gasteiger partial charge in [0.05, 0.1) is 5.02 Å². The first kappa shape index (κ1) is 21.5. The monoisotopic (exact) mass is 415 g/mol. The highest BCUT2D eigenvalue weighted by Gasteiger charge is 2.20. The van der Waals surface area contributed by atoms with Crippen LogP contribution in [0.4, 0.5) is 0 Å². The number of fused-ring (bicyclic) bond motifs is 1. The lowest BCUT2D eigenvalue weighted by atomic mass is 10.1. The van der Waals surface area contributed by atoms with Crippen LogP contribution in [0.2, 0.25) is 10.0 Å². The lowest BCUT2D eigenvalue weighted by molar-refractivity contribution is 0.559. The maximum Gasteiger partial charge on any atom is 0.242 e. The molecule has 0 fully saturated rings. The highest BCUT2D eigenvalue weighted by atomic mass is 35.5. The molecule has 0 saturated heterocycles. The van der Waals surface area contributed by atoms with Gasteiger partial charge in [-0.2, -0.15) is 0 Å². The number of nitrogens with one attached hydrogen (secondary N) is 1. The Morgan fingerprint density at radius 1 is 0.885 bits per heavy atom. The van der Waals surface area contributed by atoms with Crippen molar-refractivity contribution in [3.8, 4) is 0 Å². The molecular formula is C20H27Cl2NO2S. The quantitative estimate of drug-likeness (QED) is 0.421. The van der Waals surface area contributed by atoms with Gasteiger partial charge in [0.15, 0.2) is 0 Å². The maximum absolute atomic E-state index is 12.6. The summed E-state index contributed by atoms with van der Waals surface area (Å²) in [4.78, 5) is 0.0439. The first-order valence-corrected chi connectivity index (χ1v) is 11.6. The van der Waals surface area contributed by atoms with E-state index in [4.69, 9.17) is 23.2 Å². The topological polar surface area (TPSA) is 46.2 Å². The van der Waals surface area contributed by atoms with Crippen LogP contribution in [0.1, 0.15) is 58.3 Å². The van der Waals surface area contributed by atoms with Crippen molar-refractivity contribution in [1.82, 2.24) is 4.72 Å². The van der Waals surface area contributed by atoms with E-state index >= 15 is 0 Å². The molecule has 0 bridgehead atoms. The van der Waals surface area contributed by atoms with Crippen LogP contribution in [-0.4, -0.2) is 15.0 Å². The molecule has 3 nitrogen and oxygen atoms in total. The van der Waals surface area contributed by atoms with Crippen molar-refractivity contribution in [3.05, 3.63) is 40.4 Å². The predicted molar refractivity (Wildman–Crippen MR) is 112 cm³/mol. The Bertz CT molecular complexity index is 822. The molecule has 2 aromatic carbocycles. The minimum Gasteiger partial charge on any atom is -0.211 e. The van der Waals surface area contributed by atoms with E-state index < -0.39 is 10.0 Å². The molecule has 0 unspecified atom stereocenters. The van der Waals surface area contributed by atoms with Gasteiger partial charge in [-0.25, -0.2) is 13.1 Å². The van der Waals surface area contributed by atoms with Crippen LogP contribution in [0.25, 0.3) is 10.8 Å². The van der Waals surface area contributed by atoms with E-state index in [9.17, 15) is 8.42 Å². The molecular weight excluding hydrogens is 389 g/mol. The molecule has 0 aliphatic rings. The summed E-state index contributed by atoms with van der Waals surface area (Å²) in [7, 11) is -3.68. The van der Waals surface area contributed by atoms with Crippen molar-refractivity contribution in [2.75, 3.05) is 6.54 Å². The first-order chi connectivity index (χ1) is 12.5. The number of rotatable bonds is 11. The van der Waals surface area contributed by atoms with Gasteiger partial charge in [-0.1, -0.05) is 99.3 Å². The molecule has 0 spiro atoms. The van der Waals surface area contributed by atoms with Gasteiger partial charge in [-0.15, -0.1) is 0 Å². The Kier molecular flexibility index (Phi) is 8.68. The third-order valence-electron chi connectivity index (χ3n) is 4.51. The van der Waals surface area contributed by atoms with Crippen LogP contribution >= 0.6 is 23.2 Å². The summed E-state index contributed by atoms with van der Waals surface area (Å²) >= 11 is 12.6. The van der Waals surface area contributed by atoms with Gasteiger partial charge in [-0.05, 0) is 12.5 Å². The van der Waals surface area contributed by atoms with E-state index in [1.165, 1.54) is 38.2 Å². The third kappa shape index (κ3) is 5.85. The zero-order valence-electron chi connectivity index (χ0n) is 15.2. The van der Waals surface area contributed by atoms with E-state index in [1.54, 1.807) is 6.07 Å². The molecule has 0 radical (unpaired) electrons. The van der Waals surface area contributed by atoms with Crippen LogP contribution < -0.4 is 4.72 Å². The highest BCUT2D eigenvalue weighted by Crippen LogP contribution is 2.35. The summed E-state index contributed by atoms with van der Waals surface area (Å²) in [6.07, 6.45) is 9.34. The Morgan fingerprint density at radius 2 is 1.46 bits per heavy atom. The lowest BCUT2D eigenvalue weighted by Gasteiger charge is -2.11. The van der Waals surface area contributed by atoms with Crippen molar-refractivity contribution in [1.29, 1.82) is 0 Å². The van der Waals surface area contributed by atoms with Crippen molar-refractivity contribution in [3.63, 3.8) is 0 Å². The predicted octanol–water partition coefficient (Wildman–Crippen LogP) is 6.57. The number of benzene rings is 2. The summed E-state index contributed by atoms with van der Waals surface area (Å²) in [5.41, 5.74) is 0. The second-order valence-electron chi connectivity index (χ2n) is 6.59. The molecule has 2 aromatic rings. The number of hydrogen-bond acceptors (Lipinski definition) is 2. The number of sulfonamides is 1. The van der Waals surface area contributed by atoms with Crippen molar-refractivity contribution in [2.45, 2.75) is 63.2 Å². The van der Waals surface area contributed by atoms with Gasteiger partial charge in [0.2, 0.25) is 10.0 Å². The molecule has 2 rings (SSSR count). The minimum absolute atomic E-state index is 0.0439. The fourth-order valence-electron chi connectivity index (χ4n) is 3.01. The molecule has 0 aliphatic carbocycles. The Morgan fingerprint density at radius 3 is 2.12 bits per heavy atom. The molecule has 0 atom stereocenters. The normalized spacial score (nSPS) is 12.0. The maximum atomic E-state index is 12.6. The molecule has 26 heavy (non-hydrogen) atoms. The van der Waals surface area contributed by atoms with E-state index in [1.807, 2.05) is 18.2 Å². The fourth-order valence-corrected chi connectivity index (χ4v) is 5.06. The summed E-state index contributed by atoms with van der Waals surface area (Å²) in [5, 5.41) is 2.00. The summed E-state index contributed by atoms with van der Waals surface area (Å²) in [6.45, 7) is 2.62. The molecule has 0 aromatic heterocycles. The SMILES string of the molecule is CCCCCCCCCCNS(=O)(=O)c1cc(Cl)c2ccccc2c1Cl. The second-order valence-corrected chi connectivity index (χ2v) is 9.11. The number of hydrogen-bond donors (Lipinski definition) is 1. The van der Waals surface area contributed by atoms with Gasteiger partial charge in [0, 0.05) is 22.3 Å². The van der Waals surface area contributed by atoms with Gasteiger partial charge in [-0.3, -0.25) is 0 Å². The summed E-state index contributed by atoms with van der Waals surface area (Å²) in [6, 6.07) is 8.70. The van der Waals surface area contributed by atoms with Crippen LogP contribution in [0, 0.1) is 0 Å². The van der Waals surface area contributed by atoms with Gasteiger partial charge in [0.25, 0.3) is 0 Å². The number of unbranched alkanes of at least 4 members (excludes halogenated alkanes) is 7. The molecule has 1 N–H and O–H groups in total. The molecule has 0 heterocycles. The zero-order chi connectivity index (χ0) is 19.0. The van der Waals surface area contributed by atoms with E-state index in [2.05, 4.69) is 11.6 Å². The Hall–Kier alpha value is -0.810. The van der Waals surface area contributed by atoms with Gasteiger partial charge < -0.3 is 0 Å². The average molecular weight is 416 g/mol. The average Bonchev–Trinajstić information content (AvgIpc) is 2.63. The molecule has 0 aliphatic heterocycles. The third-order valence-corrected chi connectivity index (χ3v) is 6.82. The lowest BCUT2D eigenvalue weighted by Crippen LogP contribution is -2.25. The van der Waals surface area contributed by atoms with Gasteiger partial charge in [0.1, 0.15) is 4.90 Å². The van der Waals surface area contributed by atoms with Crippen LogP contribution in [0.3, 0.4) is 0 Å². The van der Waals surface area contributed by atoms with Gasteiger partial charge >= 0.3 is 0 Å². The largest absolute Gasteiger partial charge is 0.242 e. The van der Waals surface area contributed by atoms with E-state index in [0.717, 1.165) is 24.6 Å². The molecule has 0 amide bonds. The molecule has 0 saturated carbocycles. The van der Waals surface area contributed by atoms with Crippen LogP contribution in [0.15, 0.2) is 35.2 Å². The van der Waals surface area contributed by atoms with Crippen LogP contribution in [0.5, 0.6) is 0 Å². The van der Waals surface area contributed by atoms with Crippen molar-refractivity contribution < 1.29 is 8.42 Å². The second kappa shape index (κ2) is 10.5. The highest BCUT2D eigenvalue weighted by molar-refractivity contribution is 7.89.